The molecule has 1 aromatic rings. The number of aryl methyl sites for hydroxylation is 1. The van der Waals surface area contributed by atoms with Crippen LogP contribution in [0.1, 0.15) is 12.6 Å². The maximum absolute atomic E-state index is 10.9. The van der Waals surface area contributed by atoms with E-state index in [0.717, 1.165) is 6.54 Å². The Bertz CT molecular complexity index is 466. The first-order valence-electron chi connectivity index (χ1n) is 6.17. The van der Waals surface area contributed by atoms with E-state index in [1.165, 1.54) is 6.07 Å². The Hall–Kier alpha value is -1.73. The summed E-state index contributed by atoms with van der Waals surface area (Å²) >= 11 is 0. The van der Waals surface area contributed by atoms with Gasteiger partial charge in [0.1, 0.15) is 12.7 Å². The van der Waals surface area contributed by atoms with Gasteiger partial charge in [0.25, 0.3) is 5.88 Å². The highest BCUT2D eigenvalue weighted by molar-refractivity contribution is 5.41. The van der Waals surface area contributed by atoms with Gasteiger partial charge < -0.3 is 14.8 Å². The Morgan fingerprint density at radius 2 is 2.37 bits per heavy atom. The molecule has 2 heterocycles. The minimum atomic E-state index is -0.496. The van der Waals surface area contributed by atoms with Crippen LogP contribution in [-0.4, -0.2) is 41.8 Å². The molecule has 0 radical (unpaired) electrons. The Balaban J connectivity index is 2.02. The average molecular weight is 267 g/mol. The largest absolute Gasteiger partial charge is 0.470 e. The van der Waals surface area contributed by atoms with Gasteiger partial charge in [-0.05, 0) is 19.9 Å². The third kappa shape index (κ3) is 3.62. The van der Waals surface area contributed by atoms with E-state index in [4.69, 9.17) is 9.47 Å². The Morgan fingerprint density at radius 3 is 3.05 bits per heavy atom. The summed E-state index contributed by atoms with van der Waals surface area (Å²) in [5, 5.41) is 14.1. The first-order chi connectivity index (χ1) is 9.06. The molecule has 0 saturated carbocycles. The molecular weight excluding hydrogens is 250 g/mol. The van der Waals surface area contributed by atoms with Crippen molar-refractivity contribution in [3.63, 3.8) is 0 Å². The summed E-state index contributed by atoms with van der Waals surface area (Å²) in [5.41, 5.74) is 0.555. The van der Waals surface area contributed by atoms with Crippen LogP contribution in [0.25, 0.3) is 0 Å². The number of pyridine rings is 1. The van der Waals surface area contributed by atoms with Crippen LogP contribution in [0.15, 0.2) is 12.1 Å². The van der Waals surface area contributed by atoms with Crippen LogP contribution in [0.3, 0.4) is 0 Å². The first kappa shape index (κ1) is 13.7. The summed E-state index contributed by atoms with van der Waals surface area (Å²) in [5.74, 6) is 0.0480. The second-order valence-electron chi connectivity index (χ2n) is 4.57. The molecule has 7 nitrogen and oxygen atoms in total. The molecule has 104 valence electrons. The van der Waals surface area contributed by atoms with Gasteiger partial charge in [-0.2, -0.15) is 0 Å². The highest BCUT2D eigenvalue weighted by atomic mass is 16.6. The molecule has 19 heavy (non-hydrogen) atoms. The summed E-state index contributed by atoms with van der Waals surface area (Å²) in [4.78, 5) is 14.4. The second-order valence-corrected chi connectivity index (χ2v) is 4.57. The maximum atomic E-state index is 10.9. The number of nitrogens with zero attached hydrogens (tertiary/aromatic N) is 2. The molecule has 2 rings (SSSR count). The van der Waals surface area contributed by atoms with E-state index in [2.05, 4.69) is 10.3 Å². The van der Waals surface area contributed by atoms with Crippen LogP contribution in [-0.2, 0) is 4.74 Å². The molecule has 7 heteroatoms. The number of ether oxygens (including phenoxy) is 2. The SMILES string of the molecule is Cc1ccc([N+](=O)[O-])c(OCC2CNCC(C)O2)n1. The van der Waals surface area contributed by atoms with Crippen molar-refractivity contribution in [2.45, 2.75) is 26.1 Å². The van der Waals surface area contributed by atoms with Crippen molar-refractivity contribution in [3.05, 3.63) is 27.9 Å². The van der Waals surface area contributed by atoms with Gasteiger partial charge in [-0.1, -0.05) is 0 Å². The lowest BCUT2D eigenvalue weighted by Crippen LogP contribution is -2.45. The molecule has 0 amide bonds. The lowest BCUT2D eigenvalue weighted by molar-refractivity contribution is -0.386. The fraction of sp³-hybridized carbons (Fsp3) is 0.583. The molecule has 1 N–H and O–H groups in total. The van der Waals surface area contributed by atoms with Gasteiger partial charge in [0.05, 0.1) is 11.0 Å². The van der Waals surface area contributed by atoms with Gasteiger partial charge >= 0.3 is 5.69 Å². The zero-order valence-electron chi connectivity index (χ0n) is 11.0. The van der Waals surface area contributed by atoms with Crippen molar-refractivity contribution in [1.29, 1.82) is 0 Å². The van der Waals surface area contributed by atoms with Crippen LogP contribution in [0, 0.1) is 17.0 Å². The topological polar surface area (TPSA) is 86.5 Å². The molecule has 0 aliphatic carbocycles. The fourth-order valence-corrected chi connectivity index (χ4v) is 1.91. The lowest BCUT2D eigenvalue weighted by Gasteiger charge is -2.28. The van der Waals surface area contributed by atoms with Crippen molar-refractivity contribution in [2.75, 3.05) is 19.7 Å². The van der Waals surface area contributed by atoms with Crippen molar-refractivity contribution in [2.24, 2.45) is 0 Å². The van der Waals surface area contributed by atoms with Gasteiger partial charge in [-0.25, -0.2) is 4.98 Å². The summed E-state index contributed by atoms with van der Waals surface area (Å²) in [6.07, 6.45) is -0.00605. The normalized spacial score (nSPS) is 23.1. The van der Waals surface area contributed by atoms with Gasteiger partial charge in [0.2, 0.25) is 0 Å². The summed E-state index contributed by atoms with van der Waals surface area (Å²) in [6, 6.07) is 2.99. The van der Waals surface area contributed by atoms with Crippen molar-refractivity contribution < 1.29 is 14.4 Å². The molecule has 1 aliphatic heterocycles. The van der Waals surface area contributed by atoms with Crippen molar-refractivity contribution >= 4 is 5.69 Å². The van der Waals surface area contributed by atoms with Crippen LogP contribution in [0.2, 0.25) is 0 Å². The van der Waals surface area contributed by atoms with E-state index in [0.29, 0.717) is 12.2 Å². The molecule has 1 fully saturated rings. The minimum Gasteiger partial charge on any atom is -0.470 e. The van der Waals surface area contributed by atoms with E-state index >= 15 is 0 Å². The number of nitro groups is 1. The molecule has 2 atom stereocenters. The van der Waals surface area contributed by atoms with E-state index in [1.807, 2.05) is 6.92 Å². The Kier molecular flexibility index (Phi) is 4.28. The minimum absolute atomic E-state index is 0.0480. The van der Waals surface area contributed by atoms with Crippen molar-refractivity contribution in [3.8, 4) is 5.88 Å². The first-order valence-corrected chi connectivity index (χ1v) is 6.17. The second kappa shape index (κ2) is 5.94. The summed E-state index contributed by atoms with van der Waals surface area (Å²) in [7, 11) is 0. The third-order valence-electron chi connectivity index (χ3n) is 2.81. The van der Waals surface area contributed by atoms with Crippen LogP contribution in [0.5, 0.6) is 5.88 Å². The molecule has 0 spiro atoms. The maximum Gasteiger partial charge on any atom is 0.330 e. The number of aromatic nitrogens is 1. The van der Waals surface area contributed by atoms with Crippen LogP contribution >= 0.6 is 0 Å². The zero-order valence-corrected chi connectivity index (χ0v) is 11.0. The smallest absolute Gasteiger partial charge is 0.330 e. The predicted octanol–water partition coefficient (Wildman–Crippen LogP) is 1.05. The monoisotopic (exact) mass is 267 g/mol. The third-order valence-corrected chi connectivity index (χ3v) is 2.81. The van der Waals surface area contributed by atoms with Crippen LogP contribution in [0.4, 0.5) is 5.69 Å². The summed E-state index contributed by atoms with van der Waals surface area (Å²) in [6.45, 7) is 5.45. The molecule has 0 aromatic carbocycles. The lowest BCUT2D eigenvalue weighted by atomic mass is 10.2. The quantitative estimate of drug-likeness (QED) is 0.648. The molecule has 1 aromatic heterocycles. The standard InChI is InChI=1S/C12H17N3O4/c1-8-3-4-11(15(16)17)12(14-8)18-7-10-6-13-5-9(2)19-10/h3-4,9-10,13H,5-7H2,1-2H3. The van der Waals surface area contributed by atoms with Gasteiger partial charge in [0.15, 0.2) is 0 Å². The average Bonchev–Trinajstić information content (AvgIpc) is 2.36. The fourth-order valence-electron chi connectivity index (χ4n) is 1.91. The van der Waals surface area contributed by atoms with Gasteiger partial charge in [0, 0.05) is 24.8 Å². The Morgan fingerprint density at radius 1 is 1.58 bits per heavy atom. The number of hydrogen-bond donors (Lipinski definition) is 1. The molecule has 1 aliphatic rings. The highest BCUT2D eigenvalue weighted by Crippen LogP contribution is 2.24. The highest BCUT2D eigenvalue weighted by Gasteiger charge is 2.22. The van der Waals surface area contributed by atoms with Crippen LogP contribution < -0.4 is 10.1 Å². The predicted molar refractivity (Wildman–Crippen MR) is 68.3 cm³/mol. The van der Waals surface area contributed by atoms with E-state index < -0.39 is 4.92 Å². The summed E-state index contributed by atoms with van der Waals surface area (Å²) < 4.78 is 11.1. The van der Waals surface area contributed by atoms with Gasteiger partial charge in [-0.3, -0.25) is 10.1 Å². The Labute approximate surface area is 111 Å². The number of morpholine rings is 1. The molecule has 0 bridgehead atoms. The number of rotatable bonds is 4. The van der Waals surface area contributed by atoms with E-state index in [-0.39, 0.29) is 30.4 Å². The molecule has 2 unspecified atom stereocenters. The van der Waals surface area contributed by atoms with Crippen molar-refractivity contribution in [1.82, 2.24) is 10.3 Å². The number of hydrogen-bond acceptors (Lipinski definition) is 6. The van der Waals surface area contributed by atoms with E-state index in [1.54, 1.807) is 13.0 Å². The van der Waals surface area contributed by atoms with E-state index in [9.17, 15) is 10.1 Å². The zero-order chi connectivity index (χ0) is 13.8. The molecule has 1 saturated heterocycles. The van der Waals surface area contributed by atoms with Gasteiger partial charge in [-0.15, -0.1) is 0 Å². The number of nitrogens with one attached hydrogen (secondary N) is 1. The molecular formula is C12H17N3O4.